The molecule has 1 fully saturated rings. The number of nitrogens with zero attached hydrogens (tertiary/aromatic N) is 1. The zero-order valence-corrected chi connectivity index (χ0v) is 13.4. The van der Waals surface area contributed by atoms with Crippen LogP contribution in [-0.2, 0) is 6.54 Å². The molecular weight excluding hydrogens is 320 g/mol. The standard InChI is InChI=1S/C16H15ClN2O2S/c17-11-3-1-10(2-4-11)9-19(12-5-6-12)16(21)14-8-7-13(22-14)15(18)20/h1-4,7-8,12H,5-6,9H2,(H2,18,20). The van der Waals surface area contributed by atoms with Gasteiger partial charge in [-0.05, 0) is 42.7 Å². The molecule has 0 unspecified atom stereocenters. The van der Waals surface area contributed by atoms with Crippen LogP contribution in [0.3, 0.4) is 0 Å². The number of hydrogen-bond acceptors (Lipinski definition) is 3. The number of carbonyl (C=O) groups is 2. The normalized spacial score (nSPS) is 13.9. The number of nitrogens with two attached hydrogens (primary N) is 1. The van der Waals surface area contributed by atoms with E-state index in [-0.39, 0.29) is 11.9 Å². The highest BCUT2D eigenvalue weighted by atomic mass is 35.5. The van der Waals surface area contributed by atoms with Crippen molar-refractivity contribution in [1.82, 2.24) is 4.90 Å². The van der Waals surface area contributed by atoms with Crippen molar-refractivity contribution in [2.45, 2.75) is 25.4 Å². The summed E-state index contributed by atoms with van der Waals surface area (Å²) in [5.41, 5.74) is 6.29. The SMILES string of the molecule is NC(=O)c1ccc(C(=O)N(Cc2ccc(Cl)cc2)C2CC2)s1. The fourth-order valence-corrected chi connectivity index (χ4v) is 3.21. The molecule has 114 valence electrons. The molecule has 2 aromatic rings. The van der Waals surface area contributed by atoms with Crippen molar-refractivity contribution < 1.29 is 9.59 Å². The van der Waals surface area contributed by atoms with Crippen LogP contribution >= 0.6 is 22.9 Å². The summed E-state index contributed by atoms with van der Waals surface area (Å²) in [6.07, 6.45) is 2.04. The zero-order valence-electron chi connectivity index (χ0n) is 11.8. The smallest absolute Gasteiger partial charge is 0.264 e. The summed E-state index contributed by atoms with van der Waals surface area (Å²) in [6.45, 7) is 0.546. The Kier molecular flexibility index (Phi) is 4.18. The minimum absolute atomic E-state index is 0.0463. The molecule has 0 radical (unpaired) electrons. The molecule has 3 rings (SSSR count). The lowest BCUT2D eigenvalue weighted by atomic mass is 10.2. The highest BCUT2D eigenvalue weighted by Crippen LogP contribution is 2.31. The van der Waals surface area contributed by atoms with Gasteiger partial charge in [-0.25, -0.2) is 0 Å². The molecule has 6 heteroatoms. The van der Waals surface area contributed by atoms with Gasteiger partial charge in [-0.3, -0.25) is 9.59 Å². The van der Waals surface area contributed by atoms with Crippen LogP contribution in [0.4, 0.5) is 0 Å². The molecule has 0 atom stereocenters. The van der Waals surface area contributed by atoms with Gasteiger partial charge in [0.15, 0.2) is 0 Å². The Bertz CT molecular complexity index is 707. The summed E-state index contributed by atoms with van der Waals surface area (Å²) < 4.78 is 0. The molecule has 0 saturated heterocycles. The fourth-order valence-electron chi connectivity index (χ4n) is 2.27. The number of rotatable bonds is 5. The molecule has 2 N–H and O–H groups in total. The van der Waals surface area contributed by atoms with Gasteiger partial charge >= 0.3 is 0 Å². The fraction of sp³-hybridized carbons (Fsp3) is 0.250. The van der Waals surface area contributed by atoms with Crippen LogP contribution < -0.4 is 5.73 Å². The van der Waals surface area contributed by atoms with Gasteiger partial charge in [-0.2, -0.15) is 0 Å². The van der Waals surface area contributed by atoms with Crippen LogP contribution in [-0.4, -0.2) is 22.8 Å². The molecule has 4 nitrogen and oxygen atoms in total. The van der Waals surface area contributed by atoms with Gasteiger partial charge in [-0.15, -0.1) is 11.3 Å². The van der Waals surface area contributed by atoms with Crippen molar-refractivity contribution in [3.05, 3.63) is 56.7 Å². The van der Waals surface area contributed by atoms with E-state index in [0.29, 0.717) is 21.3 Å². The van der Waals surface area contributed by atoms with Crippen LogP contribution in [0.1, 0.15) is 37.7 Å². The number of halogens is 1. The molecule has 1 aliphatic carbocycles. The van der Waals surface area contributed by atoms with Crippen LogP contribution in [0.15, 0.2) is 36.4 Å². The largest absolute Gasteiger partial charge is 0.365 e. The van der Waals surface area contributed by atoms with E-state index in [9.17, 15) is 9.59 Å². The van der Waals surface area contributed by atoms with E-state index in [2.05, 4.69) is 0 Å². The highest BCUT2D eigenvalue weighted by molar-refractivity contribution is 7.15. The lowest BCUT2D eigenvalue weighted by molar-refractivity contribution is 0.0734. The molecule has 0 bridgehead atoms. The van der Waals surface area contributed by atoms with Crippen molar-refractivity contribution in [2.24, 2.45) is 5.73 Å². The molecule has 0 spiro atoms. The Morgan fingerprint density at radius 3 is 2.32 bits per heavy atom. The Labute approximate surface area is 137 Å². The van der Waals surface area contributed by atoms with Gasteiger partial charge in [0.1, 0.15) is 0 Å². The van der Waals surface area contributed by atoms with Gasteiger partial charge in [0.05, 0.1) is 9.75 Å². The molecule has 1 saturated carbocycles. The quantitative estimate of drug-likeness (QED) is 0.911. The van der Waals surface area contributed by atoms with Crippen molar-refractivity contribution in [3.8, 4) is 0 Å². The Morgan fingerprint density at radius 1 is 1.14 bits per heavy atom. The van der Waals surface area contributed by atoms with E-state index >= 15 is 0 Å². The predicted molar refractivity (Wildman–Crippen MR) is 87.2 cm³/mol. The average molecular weight is 335 g/mol. The lowest BCUT2D eigenvalue weighted by Gasteiger charge is -2.22. The van der Waals surface area contributed by atoms with E-state index in [0.717, 1.165) is 29.7 Å². The van der Waals surface area contributed by atoms with Crippen LogP contribution in [0, 0.1) is 0 Å². The Morgan fingerprint density at radius 2 is 1.77 bits per heavy atom. The Hall–Kier alpha value is -1.85. The molecule has 22 heavy (non-hydrogen) atoms. The van der Waals surface area contributed by atoms with E-state index in [4.69, 9.17) is 17.3 Å². The number of thiophene rings is 1. The van der Waals surface area contributed by atoms with Crippen LogP contribution in [0.2, 0.25) is 5.02 Å². The minimum atomic E-state index is -0.500. The lowest BCUT2D eigenvalue weighted by Crippen LogP contribution is -2.32. The van der Waals surface area contributed by atoms with Gasteiger partial charge in [0.2, 0.25) is 0 Å². The summed E-state index contributed by atoms with van der Waals surface area (Å²) in [6, 6.07) is 11.0. The van der Waals surface area contributed by atoms with Crippen molar-refractivity contribution >= 4 is 34.8 Å². The maximum absolute atomic E-state index is 12.7. The van der Waals surface area contributed by atoms with Gasteiger partial charge < -0.3 is 10.6 Å². The first-order chi connectivity index (χ1) is 10.5. The first kappa shape index (κ1) is 15.1. The van der Waals surface area contributed by atoms with E-state index in [1.807, 2.05) is 29.2 Å². The van der Waals surface area contributed by atoms with E-state index in [1.165, 1.54) is 0 Å². The number of primary amides is 1. The molecule has 1 aromatic carbocycles. The summed E-state index contributed by atoms with van der Waals surface area (Å²) >= 11 is 7.04. The predicted octanol–water partition coefficient (Wildman–Crippen LogP) is 3.31. The van der Waals surface area contributed by atoms with Crippen LogP contribution in [0.25, 0.3) is 0 Å². The van der Waals surface area contributed by atoms with E-state index in [1.54, 1.807) is 12.1 Å². The van der Waals surface area contributed by atoms with Crippen LogP contribution in [0.5, 0.6) is 0 Å². The maximum Gasteiger partial charge on any atom is 0.264 e. The first-order valence-corrected chi connectivity index (χ1v) is 8.19. The monoisotopic (exact) mass is 334 g/mol. The average Bonchev–Trinajstić information content (AvgIpc) is 3.21. The number of amides is 2. The van der Waals surface area contributed by atoms with Crippen molar-refractivity contribution in [3.63, 3.8) is 0 Å². The minimum Gasteiger partial charge on any atom is -0.365 e. The summed E-state index contributed by atoms with van der Waals surface area (Å²) in [5, 5.41) is 0.678. The molecule has 2 amide bonds. The van der Waals surface area contributed by atoms with Gasteiger partial charge in [0.25, 0.3) is 11.8 Å². The van der Waals surface area contributed by atoms with Crippen molar-refractivity contribution in [2.75, 3.05) is 0 Å². The molecule has 1 heterocycles. The second-order valence-corrected chi connectivity index (χ2v) is 6.84. The number of carbonyl (C=O) groups excluding carboxylic acids is 2. The second kappa shape index (κ2) is 6.10. The summed E-state index contributed by atoms with van der Waals surface area (Å²) in [5.74, 6) is -0.547. The van der Waals surface area contributed by atoms with E-state index < -0.39 is 5.91 Å². The summed E-state index contributed by atoms with van der Waals surface area (Å²) in [4.78, 5) is 26.7. The molecular formula is C16H15ClN2O2S. The molecule has 1 aromatic heterocycles. The molecule has 0 aliphatic heterocycles. The topological polar surface area (TPSA) is 63.4 Å². The third kappa shape index (κ3) is 3.31. The highest BCUT2D eigenvalue weighted by Gasteiger charge is 2.33. The van der Waals surface area contributed by atoms with Crippen molar-refractivity contribution in [1.29, 1.82) is 0 Å². The van der Waals surface area contributed by atoms with Gasteiger partial charge in [-0.1, -0.05) is 23.7 Å². The molecule has 1 aliphatic rings. The maximum atomic E-state index is 12.7. The second-order valence-electron chi connectivity index (χ2n) is 5.32. The Balaban J connectivity index is 1.79. The summed E-state index contributed by atoms with van der Waals surface area (Å²) in [7, 11) is 0. The number of hydrogen-bond donors (Lipinski definition) is 1. The number of benzene rings is 1. The third-order valence-electron chi connectivity index (χ3n) is 3.57. The first-order valence-electron chi connectivity index (χ1n) is 6.99. The van der Waals surface area contributed by atoms with Gasteiger partial charge in [0, 0.05) is 17.6 Å². The third-order valence-corrected chi connectivity index (χ3v) is 4.91. The zero-order chi connectivity index (χ0) is 15.7.